The Morgan fingerprint density at radius 3 is 2.52 bits per heavy atom. The summed E-state index contributed by atoms with van der Waals surface area (Å²) < 4.78 is 11.8. The topological polar surface area (TPSA) is 61.6 Å². The molecule has 0 amide bonds. The van der Waals surface area contributed by atoms with Gasteiger partial charge in [0.25, 0.3) is 5.69 Å². The molecule has 1 aliphatic heterocycles. The van der Waals surface area contributed by atoms with Gasteiger partial charge in [0.05, 0.1) is 16.6 Å². The molecule has 3 rings (SSSR count). The number of nitrogens with zero attached hydrogens (tertiary/aromatic N) is 1. The highest BCUT2D eigenvalue weighted by molar-refractivity contribution is 6.35. The Morgan fingerprint density at radius 2 is 1.91 bits per heavy atom. The van der Waals surface area contributed by atoms with Crippen molar-refractivity contribution in [3.8, 4) is 0 Å². The average Bonchev–Trinajstić information content (AvgIpc) is 2.90. The number of non-ortho nitro benzene ring substituents is 1. The first-order valence-corrected chi connectivity index (χ1v) is 7.66. The Labute approximate surface area is 142 Å². The Bertz CT molecular complexity index is 750. The van der Waals surface area contributed by atoms with Crippen molar-refractivity contribution in [3.05, 3.63) is 73.8 Å². The van der Waals surface area contributed by atoms with E-state index < -0.39 is 10.7 Å². The minimum absolute atomic E-state index is 0.0381. The zero-order valence-corrected chi connectivity index (χ0v) is 13.7. The lowest BCUT2D eigenvalue weighted by molar-refractivity contribution is -0.384. The van der Waals surface area contributed by atoms with Crippen molar-refractivity contribution in [1.82, 2.24) is 0 Å². The van der Waals surface area contributed by atoms with Crippen LogP contribution in [-0.4, -0.2) is 11.5 Å². The van der Waals surface area contributed by atoms with E-state index in [1.54, 1.807) is 37.3 Å². The van der Waals surface area contributed by atoms with Crippen molar-refractivity contribution in [2.45, 2.75) is 18.8 Å². The predicted octanol–water partition coefficient (Wildman–Crippen LogP) is 4.86. The first-order valence-electron chi connectivity index (χ1n) is 6.91. The van der Waals surface area contributed by atoms with Crippen molar-refractivity contribution in [1.29, 1.82) is 0 Å². The molecule has 0 aromatic heterocycles. The van der Waals surface area contributed by atoms with Crippen molar-refractivity contribution in [2.75, 3.05) is 6.61 Å². The van der Waals surface area contributed by atoms with Crippen molar-refractivity contribution in [2.24, 2.45) is 0 Å². The molecule has 0 aliphatic carbocycles. The third-order valence-electron chi connectivity index (χ3n) is 3.77. The van der Waals surface area contributed by atoms with E-state index in [1.165, 1.54) is 12.1 Å². The van der Waals surface area contributed by atoms with E-state index in [2.05, 4.69) is 0 Å². The van der Waals surface area contributed by atoms with Crippen LogP contribution in [0.25, 0.3) is 0 Å². The highest BCUT2D eigenvalue weighted by Gasteiger charge is 2.40. The molecule has 5 nitrogen and oxygen atoms in total. The number of hydrogen-bond acceptors (Lipinski definition) is 4. The second-order valence-electron chi connectivity index (χ2n) is 5.34. The van der Waals surface area contributed by atoms with Crippen LogP contribution < -0.4 is 0 Å². The van der Waals surface area contributed by atoms with Crippen LogP contribution in [0.1, 0.15) is 24.2 Å². The molecule has 0 bridgehead atoms. The molecule has 1 saturated heterocycles. The number of benzene rings is 2. The molecule has 7 heteroatoms. The molecule has 0 radical (unpaired) electrons. The highest BCUT2D eigenvalue weighted by Crippen LogP contribution is 2.43. The summed E-state index contributed by atoms with van der Waals surface area (Å²) in [7, 11) is 0. The number of halogens is 2. The highest BCUT2D eigenvalue weighted by atomic mass is 35.5. The molecule has 2 atom stereocenters. The molecule has 2 aromatic rings. The van der Waals surface area contributed by atoms with Gasteiger partial charge in [-0.2, -0.15) is 0 Å². The quantitative estimate of drug-likeness (QED) is 0.583. The summed E-state index contributed by atoms with van der Waals surface area (Å²) in [6, 6.07) is 11.4. The van der Waals surface area contributed by atoms with Crippen LogP contribution in [0.5, 0.6) is 0 Å². The van der Waals surface area contributed by atoms with Gasteiger partial charge < -0.3 is 9.47 Å². The summed E-state index contributed by atoms with van der Waals surface area (Å²) in [5, 5.41) is 11.7. The summed E-state index contributed by atoms with van der Waals surface area (Å²) in [4.78, 5) is 10.3. The number of hydrogen-bond donors (Lipinski definition) is 0. The minimum atomic E-state index is -0.992. The second kappa shape index (κ2) is 6.09. The van der Waals surface area contributed by atoms with Gasteiger partial charge in [-0.1, -0.05) is 29.3 Å². The SMILES string of the molecule is CC1(c2ccc(Cl)cc2Cl)OCC(c2ccc([N+](=O)[O-])cc2)O1. The number of nitro groups is 1. The maximum atomic E-state index is 10.7. The Balaban J connectivity index is 1.83. The van der Waals surface area contributed by atoms with E-state index in [4.69, 9.17) is 32.7 Å². The third-order valence-corrected chi connectivity index (χ3v) is 4.32. The van der Waals surface area contributed by atoms with Gasteiger partial charge in [-0.05, 0) is 36.8 Å². The zero-order valence-electron chi connectivity index (χ0n) is 12.2. The fourth-order valence-corrected chi connectivity index (χ4v) is 3.13. The van der Waals surface area contributed by atoms with E-state index in [0.717, 1.165) is 5.56 Å². The molecule has 2 aromatic carbocycles. The largest absolute Gasteiger partial charge is 0.343 e. The second-order valence-corrected chi connectivity index (χ2v) is 6.18. The molecule has 23 heavy (non-hydrogen) atoms. The van der Waals surface area contributed by atoms with Crippen molar-refractivity contribution in [3.63, 3.8) is 0 Å². The average molecular weight is 354 g/mol. The third kappa shape index (κ3) is 3.19. The van der Waals surface area contributed by atoms with E-state index in [-0.39, 0.29) is 11.8 Å². The van der Waals surface area contributed by atoms with Crippen molar-refractivity contribution >= 4 is 28.9 Å². The molecule has 0 N–H and O–H groups in total. The fourth-order valence-electron chi connectivity index (χ4n) is 2.55. The summed E-state index contributed by atoms with van der Waals surface area (Å²) in [5.41, 5.74) is 1.54. The zero-order chi connectivity index (χ0) is 16.6. The summed E-state index contributed by atoms with van der Waals surface area (Å²) >= 11 is 12.1. The lowest BCUT2D eigenvalue weighted by Gasteiger charge is -2.25. The first-order chi connectivity index (χ1) is 10.9. The van der Waals surface area contributed by atoms with Gasteiger partial charge in [0, 0.05) is 22.7 Å². The van der Waals surface area contributed by atoms with E-state index >= 15 is 0 Å². The molecule has 120 valence electrons. The molecule has 1 heterocycles. The molecule has 1 fully saturated rings. The van der Waals surface area contributed by atoms with Gasteiger partial charge >= 0.3 is 0 Å². The van der Waals surface area contributed by atoms with Crippen molar-refractivity contribution < 1.29 is 14.4 Å². The van der Waals surface area contributed by atoms with E-state index in [0.29, 0.717) is 22.2 Å². The predicted molar refractivity (Wildman–Crippen MR) is 86.7 cm³/mol. The van der Waals surface area contributed by atoms with Gasteiger partial charge in [-0.3, -0.25) is 10.1 Å². The Morgan fingerprint density at radius 1 is 1.22 bits per heavy atom. The van der Waals surface area contributed by atoms with E-state index in [9.17, 15) is 10.1 Å². The van der Waals surface area contributed by atoms with Crippen LogP contribution >= 0.6 is 23.2 Å². The van der Waals surface area contributed by atoms with Crippen LogP contribution in [0, 0.1) is 10.1 Å². The van der Waals surface area contributed by atoms with Crippen LogP contribution in [0.2, 0.25) is 10.0 Å². The van der Waals surface area contributed by atoms with Gasteiger partial charge in [0.1, 0.15) is 6.10 Å². The fraction of sp³-hybridized carbons (Fsp3) is 0.250. The minimum Gasteiger partial charge on any atom is -0.343 e. The maximum Gasteiger partial charge on any atom is 0.269 e. The molecular weight excluding hydrogens is 341 g/mol. The number of ether oxygens (including phenoxy) is 2. The van der Waals surface area contributed by atoms with Gasteiger partial charge in [0.15, 0.2) is 5.79 Å². The van der Waals surface area contributed by atoms with Crippen LogP contribution in [0.15, 0.2) is 42.5 Å². The number of nitro benzene ring substituents is 1. The van der Waals surface area contributed by atoms with Crippen LogP contribution in [-0.2, 0) is 15.3 Å². The first kappa shape index (κ1) is 16.2. The normalized spacial score (nSPS) is 23.9. The number of rotatable bonds is 3. The summed E-state index contributed by atoms with van der Waals surface area (Å²) in [6.45, 7) is 2.11. The van der Waals surface area contributed by atoms with E-state index in [1.807, 2.05) is 0 Å². The molecular formula is C16H13Cl2NO4. The maximum absolute atomic E-state index is 10.7. The van der Waals surface area contributed by atoms with Gasteiger partial charge in [-0.15, -0.1) is 0 Å². The lowest BCUT2D eigenvalue weighted by Crippen LogP contribution is -2.23. The smallest absolute Gasteiger partial charge is 0.269 e. The molecule has 0 saturated carbocycles. The molecule has 1 aliphatic rings. The van der Waals surface area contributed by atoms with Gasteiger partial charge in [-0.25, -0.2) is 0 Å². The summed E-state index contributed by atoms with van der Waals surface area (Å²) in [6.07, 6.45) is -0.326. The van der Waals surface area contributed by atoms with Crippen LogP contribution in [0.4, 0.5) is 5.69 Å². The Hall–Kier alpha value is -1.66. The van der Waals surface area contributed by atoms with Gasteiger partial charge in [0.2, 0.25) is 0 Å². The standard InChI is InChI=1S/C16H13Cl2NO4/c1-16(13-7-4-11(17)8-14(13)18)22-9-15(23-16)10-2-5-12(6-3-10)19(20)21/h2-8,15H,9H2,1H3. The summed E-state index contributed by atoms with van der Waals surface area (Å²) in [5.74, 6) is -0.992. The Kier molecular flexibility index (Phi) is 4.29. The molecule has 0 spiro atoms. The lowest BCUT2D eigenvalue weighted by atomic mass is 10.1. The van der Waals surface area contributed by atoms with Crippen LogP contribution in [0.3, 0.4) is 0 Å². The monoisotopic (exact) mass is 353 g/mol. The molecule has 2 unspecified atom stereocenters.